The van der Waals surface area contributed by atoms with Crippen molar-refractivity contribution in [2.75, 3.05) is 17.7 Å². The van der Waals surface area contributed by atoms with Gasteiger partial charge in [0.05, 0.1) is 18.5 Å². The van der Waals surface area contributed by atoms with E-state index in [1.54, 1.807) is 19.5 Å². The summed E-state index contributed by atoms with van der Waals surface area (Å²) in [6, 6.07) is 21.3. The second-order valence-electron chi connectivity index (χ2n) is 6.53. The van der Waals surface area contributed by atoms with Crippen LogP contribution in [0, 0.1) is 0 Å². The number of rotatable bonds is 5. The van der Waals surface area contributed by atoms with Crippen molar-refractivity contribution in [2.24, 2.45) is 0 Å². The maximum atomic E-state index is 5.48. The Balaban J connectivity index is 1.66. The number of aromatic nitrogens is 3. The number of anilines is 2. The number of hydrogen-bond donors (Lipinski definition) is 2. The highest BCUT2D eigenvalue weighted by Gasteiger charge is 2.11. The first kappa shape index (κ1) is 20.9. The minimum atomic E-state index is 0.372. The van der Waals surface area contributed by atoms with Crippen LogP contribution in [-0.2, 0) is 0 Å². The van der Waals surface area contributed by atoms with Gasteiger partial charge in [-0.1, -0.05) is 36.4 Å². The van der Waals surface area contributed by atoms with Crippen LogP contribution >= 0.6 is 28.1 Å². The van der Waals surface area contributed by atoms with Gasteiger partial charge in [0.2, 0.25) is 5.95 Å². The first-order valence-corrected chi connectivity index (χ1v) is 10.6. The highest BCUT2D eigenvalue weighted by molar-refractivity contribution is 9.10. The molecule has 0 saturated heterocycles. The second-order valence-corrected chi connectivity index (χ2v) is 7.85. The molecule has 0 aliphatic rings. The molecule has 0 radical (unpaired) electrons. The van der Waals surface area contributed by atoms with Crippen LogP contribution < -0.4 is 15.4 Å². The summed E-state index contributed by atoms with van der Waals surface area (Å²) in [5.41, 5.74) is 4.14. The quantitative estimate of drug-likeness (QED) is 0.342. The summed E-state index contributed by atoms with van der Waals surface area (Å²) in [6.07, 6.45) is 3.49. The Bertz CT molecular complexity index is 1220. The van der Waals surface area contributed by atoms with Gasteiger partial charge in [-0.3, -0.25) is 4.98 Å². The molecular weight excluding hydrogens is 474 g/mol. The first-order chi connectivity index (χ1) is 15.1. The van der Waals surface area contributed by atoms with Crippen LogP contribution in [0.15, 0.2) is 83.6 Å². The van der Waals surface area contributed by atoms with E-state index in [2.05, 4.69) is 41.5 Å². The first-order valence-electron chi connectivity index (χ1n) is 9.38. The second kappa shape index (κ2) is 9.63. The molecule has 8 heteroatoms. The van der Waals surface area contributed by atoms with Crippen molar-refractivity contribution >= 4 is 44.9 Å². The van der Waals surface area contributed by atoms with E-state index in [0.717, 1.165) is 38.4 Å². The predicted octanol–water partition coefficient (Wildman–Crippen LogP) is 5.79. The fourth-order valence-electron chi connectivity index (χ4n) is 2.92. The van der Waals surface area contributed by atoms with Crippen LogP contribution in [0.1, 0.15) is 0 Å². The van der Waals surface area contributed by atoms with Crippen LogP contribution in [0.3, 0.4) is 0 Å². The third kappa shape index (κ3) is 5.42. The molecule has 0 spiro atoms. The van der Waals surface area contributed by atoms with Gasteiger partial charge in [-0.2, -0.15) is 0 Å². The van der Waals surface area contributed by atoms with Gasteiger partial charge in [0.25, 0.3) is 0 Å². The normalized spacial score (nSPS) is 10.4. The Morgan fingerprint density at radius 1 is 0.871 bits per heavy atom. The summed E-state index contributed by atoms with van der Waals surface area (Å²) in [4.78, 5) is 13.6. The van der Waals surface area contributed by atoms with E-state index in [1.165, 1.54) is 0 Å². The molecule has 0 unspecified atom stereocenters. The average molecular weight is 492 g/mol. The van der Waals surface area contributed by atoms with Crippen LogP contribution in [0.25, 0.3) is 22.5 Å². The lowest BCUT2D eigenvalue weighted by Gasteiger charge is -2.13. The monoisotopic (exact) mass is 491 g/mol. The van der Waals surface area contributed by atoms with Gasteiger partial charge in [-0.05, 0) is 52.4 Å². The molecule has 0 saturated carbocycles. The van der Waals surface area contributed by atoms with Crippen molar-refractivity contribution in [3.05, 3.63) is 83.6 Å². The lowest BCUT2D eigenvalue weighted by Crippen LogP contribution is -2.20. The molecule has 0 aliphatic carbocycles. The topological polar surface area (TPSA) is 72.0 Å². The Morgan fingerprint density at radius 2 is 1.65 bits per heavy atom. The van der Waals surface area contributed by atoms with Gasteiger partial charge in [0, 0.05) is 39.7 Å². The number of ether oxygens (including phenoxy) is 1. The maximum absolute atomic E-state index is 5.48. The molecule has 0 atom stereocenters. The molecular formula is C23H18BrN5OS. The molecule has 2 aromatic heterocycles. The highest BCUT2D eigenvalue weighted by Crippen LogP contribution is 2.26. The van der Waals surface area contributed by atoms with Crippen LogP contribution in [-0.4, -0.2) is 27.2 Å². The van der Waals surface area contributed by atoms with E-state index in [9.17, 15) is 0 Å². The average Bonchev–Trinajstić information content (AvgIpc) is 2.79. The number of pyridine rings is 1. The Morgan fingerprint density at radius 3 is 2.39 bits per heavy atom. The summed E-state index contributed by atoms with van der Waals surface area (Å²) in [6.45, 7) is 0. The zero-order chi connectivity index (χ0) is 21.6. The number of halogens is 1. The van der Waals surface area contributed by atoms with E-state index >= 15 is 0 Å². The van der Waals surface area contributed by atoms with Gasteiger partial charge < -0.3 is 15.4 Å². The Hall–Kier alpha value is -3.36. The third-order valence-electron chi connectivity index (χ3n) is 4.35. The molecule has 2 aromatic carbocycles. The van der Waals surface area contributed by atoms with E-state index in [4.69, 9.17) is 17.0 Å². The van der Waals surface area contributed by atoms with E-state index in [0.29, 0.717) is 11.1 Å². The lowest BCUT2D eigenvalue weighted by molar-refractivity contribution is 0.415. The molecule has 154 valence electrons. The number of methoxy groups -OCH3 is 1. The molecule has 31 heavy (non-hydrogen) atoms. The smallest absolute Gasteiger partial charge is 0.230 e. The largest absolute Gasteiger partial charge is 0.497 e. The van der Waals surface area contributed by atoms with Crippen molar-refractivity contribution in [2.45, 2.75) is 0 Å². The Labute approximate surface area is 193 Å². The van der Waals surface area contributed by atoms with Crippen LogP contribution in [0.2, 0.25) is 0 Å². The molecule has 6 nitrogen and oxygen atoms in total. The number of thiocarbonyl (C=S) groups is 1. The maximum Gasteiger partial charge on any atom is 0.230 e. The standard InChI is InChI=1S/C23H18BrN5OS/c1-30-19-9-5-8-18(11-19)26-23(31)29-22-27-20(15-6-3-2-4-7-15)12-21(28-22)16-10-17(24)14-25-13-16/h2-14H,1H3,(H2,26,27,28,29,31). The zero-order valence-electron chi connectivity index (χ0n) is 16.5. The number of hydrogen-bond acceptors (Lipinski definition) is 5. The van der Waals surface area contributed by atoms with Crippen molar-refractivity contribution in [1.29, 1.82) is 0 Å². The molecule has 4 rings (SSSR count). The van der Waals surface area contributed by atoms with Crippen molar-refractivity contribution in [3.8, 4) is 28.3 Å². The van der Waals surface area contributed by atoms with Gasteiger partial charge in [-0.15, -0.1) is 0 Å². The predicted molar refractivity (Wildman–Crippen MR) is 131 cm³/mol. The molecule has 0 bridgehead atoms. The van der Waals surface area contributed by atoms with Crippen LogP contribution in [0.5, 0.6) is 5.75 Å². The molecule has 0 amide bonds. The minimum Gasteiger partial charge on any atom is -0.497 e. The van der Waals surface area contributed by atoms with Gasteiger partial charge in [0.15, 0.2) is 5.11 Å². The van der Waals surface area contributed by atoms with Crippen LogP contribution in [0.4, 0.5) is 11.6 Å². The minimum absolute atomic E-state index is 0.372. The number of benzene rings is 2. The Kier molecular flexibility index (Phi) is 6.49. The summed E-state index contributed by atoms with van der Waals surface area (Å²) >= 11 is 8.94. The molecule has 2 heterocycles. The molecule has 0 aliphatic heterocycles. The van der Waals surface area contributed by atoms with Crippen molar-refractivity contribution < 1.29 is 4.74 Å². The highest BCUT2D eigenvalue weighted by atomic mass is 79.9. The van der Waals surface area contributed by atoms with Gasteiger partial charge in [0.1, 0.15) is 5.75 Å². The fraction of sp³-hybridized carbons (Fsp3) is 0.0435. The van der Waals surface area contributed by atoms with E-state index in [1.807, 2.05) is 66.7 Å². The third-order valence-corrected chi connectivity index (χ3v) is 4.99. The number of nitrogens with zero attached hydrogens (tertiary/aromatic N) is 3. The molecule has 4 aromatic rings. The summed E-state index contributed by atoms with van der Waals surface area (Å²) < 4.78 is 6.13. The summed E-state index contributed by atoms with van der Waals surface area (Å²) in [7, 11) is 1.62. The van der Waals surface area contributed by atoms with Gasteiger partial charge in [-0.25, -0.2) is 9.97 Å². The molecule has 0 fully saturated rings. The summed E-state index contributed by atoms with van der Waals surface area (Å²) in [5.74, 6) is 1.12. The summed E-state index contributed by atoms with van der Waals surface area (Å²) in [5, 5.41) is 6.59. The lowest BCUT2D eigenvalue weighted by atomic mass is 10.1. The van der Waals surface area contributed by atoms with E-state index in [-0.39, 0.29) is 0 Å². The zero-order valence-corrected chi connectivity index (χ0v) is 18.9. The fourth-order valence-corrected chi connectivity index (χ4v) is 3.50. The molecule has 2 N–H and O–H groups in total. The van der Waals surface area contributed by atoms with Crippen molar-refractivity contribution in [3.63, 3.8) is 0 Å². The van der Waals surface area contributed by atoms with Gasteiger partial charge >= 0.3 is 0 Å². The number of nitrogens with one attached hydrogen (secondary N) is 2. The van der Waals surface area contributed by atoms with Crippen molar-refractivity contribution in [1.82, 2.24) is 15.0 Å². The SMILES string of the molecule is COc1cccc(NC(=S)Nc2nc(-c3ccccc3)cc(-c3cncc(Br)c3)n2)c1. The van der Waals surface area contributed by atoms with E-state index < -0.39 is 0 Å².